The summed E-state index contributed by atoms with van der Waals surface area (Å²) in [6.07, 6.45) is 0. The van der Waals surface area contributed by atoms with Gasteiger partial charge < -0.3 is 9.14 Å². The van der Waals surface area contributed by atoms with E-state index in [0.717, 1.165) is 11.3 Å². The second kappa shape index (κ2) is 3.66. The van der Waals surface area contributed by atoms with Gasteiger partial charge in [-0.2, -0.15) is 0 Å². The molecular formula is C12H16N2O. The van der Waals surface area contributed by atoms with E-state index >= 15 is 0 Å². The summed E-state index contributed by atoms with van der Waals surface area (Å²) in [6, 6.07) is 4.26. The minimum atomic E-state index is 0.575. The molecule has 80 valence electrons. The molecule has 0 aliphatic rings. The maximum Gasteiger partial charge on any atom is 0.137 e. The summed E-state index contributed by atoms with van der Waals surface area (Å²) in [6.45, 7) is 6.85. The van der Waals surface area contributed by atoms with Crippen LogP contribution in [0, 0.1) is 20.8 Å². The van der Waals surface area contributed by atoms with Gasteiger partial charge in [0.25, 0.3) is 0 Å². The molecule has 0 aliphatic carbocycles. The first-order valence-electron chi connectivity index (χ1n) is 5.07. The third kappa shape index (κ3) is 1.63. The van der Waals surface area contributed by atoms with Crippen molar-refractivity contribution in [1.82, 2.24) is 9.38 Å². The highest BCUT2D eigenvalue weighted by molar-refractivity contribution is 5.47. The first-order valence-corrected chi connectivity index (χ1v) is 5.07. The maximum absolute atomic E-state index is 5.13. The Balaban J connectivity index is 2.70. The third-order valence-corrected chi connectivity index (χ3v) is 2.66. The Bertz CT molecular complexity index is 500. The predicted octanol–water partition coefficient (Wildman–Crippen LogP) is 2.41. The quantitative estimate of drug-likeness (QED) is 0.751. The summed E-state index contributed by atoms with van der Waals surface area (Å²) < 4.78 is 7.30. The van der Waals surface area contributed by atoms with Crippen molar-refractivity contribution in [3.8, 4) is 0 Å². The lowest BCUT2D eigenvalue weighted by atomic mass is 10.2. The number of rotatable bonds is 2. The Labute approximate surface area is 89.7 Å². The molecule has 0 unspecified atom stereocenters. The van der Waals surface area contributed by atoms with E-state index in [2.05, 4.69) is 42.3 Å². The van der Waals surface area contributed by atoms with Gasteiger partial charge in [-0.3, -0.25) is 0 Å². The summed E-state index contributed by atoms with van der Waals surface area (Å²) in [5, 5.41) is 0. The van der Waals surface area contributed by atoms with E-state index in [-0.39, 0.29) is 0 Å². The molecule has 15 heavy (non-hydrogen) atoms. The molecule has 0 aliphatic heterocycles. The fourth-order valence-electron chi connectivity index (χ4n) is 2.02. The lowest BCUT2D eigenvalue weighted by molar-refractivity contribution is 0.181. The van der Waals surface area contributed by atoms with Crippen LogP contribution in [0.2, 0.25) is 0 Å². The second-order valence-corrected chi connectivity index (χ2v) is 3.94. The molecule has 0 N–H and O–H groups in total. The summed E-state index contributed by atoms with van der Waals surface area (Å²) >= 11 is 0. The Kier molecular flexibility index (Phi) is 2.49. The number of hydrogen-bond acceptors (Lipinski definition) is 2. The van der Waals surface area contributed by atoms with Gasteiger partial charge in [-0.15, -0.1) is 0 Å². The first-order chi connectivity index (χ1) is 7.13. The fraction of sp³-hybridized carbons (Fsp3) is 0.417. The fourth-order valence-corrected chi connectivity index (χ4v) is 2.02. The molecule has 2 aromatic rings. The molecule has 0 atom stereocenters. The first kappa shape index (κ1) is 10.2. The molecular weight excluding hydrogens is 188 g/mol. The molecule has 2 rings (SSSR count). The molecule has 0 saturated carbocycles. The molecule has 0 amide bonds. The molecule has 0 radical (unpaired) electrons. The number of aryl methyl sites for hydroxylation is 3. The molecule has 3 nitrogen and oxygen atoms in total. The van der Waals surface area contributed by atoms with Gasteiger partial charge >= 0.3 is 0 Å². The molecule has 0 saturated heterocycles. The SMILES string of the molecule is COCc1nc2cc(C)cc(C)n2c1C. The van der Waals surface area contributed by atoms with Gasteiger partial charge in [-0.1, -0.05) is 0 Å². The Hall–Kier alpha value is -1.35. The number of nitrogens with zero attached hydrogens (tertiary/aromatic N) is 2. The largest absolute Gasteiger partial charge is 0.378 e. The summed E-state index contributed by atoms with van der Waals surface area (Å²) in [7, 11) is 1.70. The highest BCUT2D eigenvalue weighted by Gasteiger charge is 2.09. The van der Waals surface area contributed by atoms with Crippen LogP contribution < -0.4 is 0 Å². The zero-order valence-electron chi connectivity index (χ0n) is 9.66. The molecule has 2 heterocycles. The van der Waals surface area contributed by atoms with E-state index in [1.54, 1.807) is 7.11 Å². The van der Waals surface area contributed by atoms with Crippen LogP contribution in [-0.2, 0) is 11.3 Å². The highest BCUT2D eigenvalue weighted by atomic mass is 16.5. The lowest BCUT2D eigenvalue weighted by Crippen LogP contribution is -1.95. The van der Waals surface area contributed by atoms with Crippen molar-refractivity contribution in [2.45, 2.75) is 27.4 Å². The van der Waals surface area contributed by atoms with Crippen LogP contribution in [0.25, 0.3) is 5.65 Å². The van der Waals surface area contributed by atoms with Crippen LogP contribution in [-0.4, -0.2) is 16.5 Å². The monoisotopic (exact) mass is 204 g/mol. The van der Waals surface area contributed by atoms with Crippen LogP contribution >= 0.6 is 0 Å². The van der Waals surface area contributed by atoms with Gasteiger partial charge in [0.05, 0.1) is 12.3 Å². The number of fused-ring (bicyclic) bond motifs is 1. The minimum absolute atomic E-state index is 0.575. The van der Waals surface area contributed by atoms with E-state index in [1.165, 1.54) is 17.0 Å². The number of pyridine rings is 1. The van der Waals surface area contributed by atoms with Crippen molar-refractivity contribution in [2.24, 2.45) is 0 Å². The van der Waals surface area contributed by atoms with Crippen LogP contribution in [0.3, 0.4) is 0 Å². The van der Waals surface area contributed by atoms with Crippen molar-refractivity contribution in [3.63, 3.8) is 0 Å². The zero-order chi connectivity index (χ0) is 11.0. The van der Waals surface area contributed by atoms with Gasteiger partial charge in [0.2, 0.25) is 0 Å². The Morgan fingerprint density at radius 1 is 1.27 bits per heavy atom. The molecule has 3 heteroatoms. The second-order valence-electron chi connectivity index (χ2n) is 3.94. The Morgan fingerprint density at radius 3 is 2.67 bits per heavy atom. The van der Waals surface area contributed by atoms with Crippen molar-refractivity contribution in [2.75, 3.05) is 7.11 Å². The average molecular weight is 204 g/mol. The maximum atomic E-state index is 5.13. The number of ether oxygens (including phenoxy) is 1. The van der Waals surface area contributed by atoms with Gasteiger partial charge in [-0.25, -0.2) is 4.98 Å². The van der Waals surface area contributed by atoms with Crippen LogP contribution in [0.1, 0.15) is 22.6 Å². The minimum Gasteiger partial charge on any atom is -0.378 e. The highest BCUT2D eigenvalue weighted by Crippen LogP contribution is 2.16. The topological polar surface area (TPSA) is 26.5 Å². The zero-order valence-corrected chi connectivity index (χ0v) is 9.66. The van der Waals surface area contributed by atoms with E-state index in [0.29, 0.717) is 6.61 Å². The molecule has 0 spiro atoms. The predicted molar refractivity (Wildman–Crippen MR) is 60.1 cm³/mol. The van der Waals surface area contributed by atoms with Gasteiger partial charge in [0.1, 0.15) is 5.65 Å². The number of hydrogen-bond donors (Lipinski definition) is 0. The van der Waals surface area contributed by atoms with Crippen molar-refractivity contribution < 1.29 is 4.74 Å². The molecule has 0 aromatic carbocycles. The Morgan fingerprint density at radius 2 is 2.00 bits per heavy atom. The van der Waals surface area contributed by atoms with Crippen molar-refractivity contribution in [1.29, 1.82) is 0 Å². The van der Waals surface area contributed by atoms with E-state index in [1.807, 2.05) is 0 Å². The molecule has 0 fully saturated rings. The smallest absolute Gasteiger partial charge is 0.137 e. The van der Waals surface area contributed by atoms with E-state index < -0.39 is 0 Å². The summed E-state index contributed by atoms with van der Waals surface area (Å²) in [5.74, 6) is 0. The lowest BCUT2D eigenvalue weighted by Gasteiger charge is -2.03. The van der Waals surface area contributed by atoms with Crippen LogP contribution in [0.5, 0.6) is 0 Å². The van der Waals surface area contributed by atoms with Gasteiger partial charge in [-0.05, 0) is 38.5 Å². The van der Waals surface area contributed by atoms with E-state index in [4.69, 9.17) is 4.74 Å². The third-order valence-electron chi connectivity index (χ3n) is 2.66. The van der Waals surface area contributed by atoms with Crippen molar-refractivity contribution >= 4 is 5.65 Å². The van der Waals surface area contributed by atoms with E-state index in [9.17, 15) is 0 Å². The van der Waals surface area contributed by atoms with Crippen LogP contribution in [0.4, 0.5) is 0 Å². The molecule has 2 aromatic heterocycles. The van der Waals surface area contributed by atoms with Gasteiger partial charge in [0.15, 0.2) is 0 Å². The standard InChI is InChI=1S/C12H16N2O/c1-8-5-9(2)14-10(3)11(7-15-4)13-12(14)6-8/h5-6H,7H2,1-4H3. The van der Waals surface area contributed by atoms with Crippen LogP contribution in [0.15, 0.2) is 12.1 Å². The summed E-state index contributed by atoms with van der Waals surface area (Å²) in [4.78, 5) is 4.56. The van der Waals surface area contributed by atoms with Gasteiger partial charge in [0, 0.05) is 18.5 Å². The van der Waals surface area contributed by atoms with Crippen molar-refractivity contribution in [3.05, 3.63) is 34.8 Å². The average Bonchev–Trinajstić information content (AvgIpc) is 2.43. The summed E-state index contributed by atoms with van der Waals surface area (Å²) in [5.41, 5.74) is 5.67. The molecule has 0 bridgehead atoms. The number of imidazole rings is 1. The number of methoxy groups -OCH3 is 1. The number of aromatic nitrogens is 2. The normalized spacial score (nSPS) is 11.2.